The number of aliphatic hydroxyl groups excluding tert-OH is 2. The minimum atomic E-state index is -1.03. The van der Waals surface area contributed by atoms with Gasteiger partial charge in [-0.15, -0.1) is 0 Å². The molecule has 3 aromatic carbocycles. The first kappa shape index (κ1) is 20.8. The molecule has 0 unspecified atom stereocenters. The van der Waals surface area contributed by atoms with Crippen LogP contribution in [-0.2, 0) is 0 Å². The Balaban J connectivity index is 1.54. The van der Waals surface area contributed by atoms with Gasteiger partial charge in [0.2, 0.25) is 0 Å². The van der Waals surface area contributed by atoms with Crippen LogP contribution in [0.4, 0.5) is 11.4 Å². The van der Waals surface area contributed by atoms with E-state index in [1.54, 1.807) is 59.5 Å². The van der Waals surface area contributed by atoms with Crippen LogP contribution in [0.5, 0.6) is 0 Å². The molecule has 0 saturated heterocycles. The molecular weight excluding hydrogens is 392 g/mol. The molecule has 0 aliphatic carbocycles. The van der Waals surface area contributed by atoms with Gasteiger partial charge in [0, 0.05) is 34.6 Å². The van der Waals surface area contributed by atoms with E-state index in [2.05, 4.69) is 5.32 Å². The lowest BCUT2D eigenvalue weighted by molar-refractivity contribution is 0.0176. The molecule has 1 aliphatic rings. The fourth-order valence-corrected chi connectivity index (χ4v) is 3.82. The molecule has 0 saturated carbocycles. The average molecular weight is 416 g/mol. The third-order valence-electron chi connectivity index (χ3n) is 5.58. The molecule has 1 aliphatic heterocycles. The summed E-state index contributed by atoms with van der Waals surface area (Å²) in [5.74, 6) is -0.438. The van der Waals surface area contributed by atoms with Gasteiger partial charge in [-0.1, -0.05) is 36.4 Å². The SMILES string of the molecule is Cc1ccccc1C(=O)Nc1ccc(C(=O)N2CC[C@@H](O)[C@H](O)c3ccccc32)cc1. The molecule has 3 N–H and O–H groups in total. The number of aliphatic hydroxyl groups is 2. The lowest BCUT2D eigenvalue weighted by Crippen LogP contribution is -2.32. The summed E-state index contributed by atoms with van der Waals surface area (Å²) < 4.78 is 0. The lowest BCUT2D eigenvalue weighted by atomic mass is 10.0. The quantitative estimate of drug-likeness (QED) is 0.607. The molecule has 3 aromatic rings. The van der Waals surface area contributed by atoms with Gasteiger partial charge in [-0.3, -0.25) is 9.59 Å². The molecule has 0 aromatic heterocycles. The highest BCUT2D eigenvalue weighted by molar-refractivity contribution is 6.08. The predicted molar refractivity (Wildman–Crippen MR) is 119 cm³/mol. The van der Waals surface area contributed by atoms with Crippen molar-refractivity contribution < 1.29 is 19.8 Å². The van der Waals surface area contributed by atoms with Gasteiger partial charge in [-0.2, -0.15) is 0 Å². The Morgan fingerprint density at radius 1 is 0.935 bits per heavy atom. The minimum absolute atomic E-state index is 0.207. The van der Waals surface area contributed by atoms with Crippen LogP contribution < -0.4 is 10.2 Å². The fourth-order valence-electron chi connectivity index (χ4n) is 3.82. The summed E-state index contributed by atoms with van der Waals surface area (Å²) in [5, 5.41) is 23.4. The number of aryl methyl sites for hydroxylation is 1. The fraction of sp³-hybridized carbons (Fsp3) is 0.200. The first-order valence-corrected chi connectivity index (χ1v) is 10.2. The minimum Gasteiger partial charge on any atom is -0.390 e. The van der Waals surface area contributed by atoms with Crippen LogP contribution in [0.1, 0.15) is 44.4 Å². The van der Waals surface area contributed by atoms with Gasteiger partial charge in [-0.05, 0) is 55.3 Å². The molecule has 0 bridgehead atoms. The summed E-state index contributed by atoms with van der Waals surface area (Å²) in [7, 11) is 0. The third kappa shape index (κ3) is 4.21. The summed E-state index contributed by atoms with van der Waals surface area (Å²) in [6, 6.07) is 21.1. The standard InChI is InChI=1S/C25H24N2O4/c1-16-6-2-3-7-19(16)24(30)26-18-12-10-17(11-13-18)25(31)27-15-14-22(28)23(29)20-8-4-5-9-21(20)27/h2-13,22-23,28-29H,14-15H2,1H3,(H,26,30)/t22-,23-/m1/s1. The number of hydrogen-bond acceptors (Lipinski definition) is 4. The molecule has 6 nitrogen and oxygen atoms in total. The molecule has 4 rings (SSSR count). The maximum atomic E-state index is 13.2. The van der Waals surface area contributed by atoms with E-state index in [-0.39, 0.29) is 18.2 Å². The topological polar surface area (TPSA) is 89.9 Å². The molecule has 1 heterocycles. The number of carbonyl (C=O) groups is 2. The van der Waals surface area contributed by atoms with Crippen LogP contribution in [0.2, 0.25) is 0 Å². The molecule has 2 amide bonds. The van der Waals surface area contributed by atoms with E-state index in [1.807, 2.05) is 25.1 Å². The van der Waals surface area contributed by atoms with Gasteiger partial charge in [-0.25, -0.2) is 0 Å². The van der Waals surface area contributed by atoms with E-state index >= 15 is 0 Å². The molecule has 6 heteroatoms. The van der Waals surface area contributed by atoms with Crippen molar-refractivity contribution in [3.63, 3.8) is 0 Å². The maximum Gasteiger partial charge on any atom is 0.258 e. The second kappa shape index (κ2) is 8.71. The summed E-state index contributed by atoms with van der Waals surface area (Å²) in [5.41, 5.74) is 3.65. The number of fused-ring (bicyclic) bond motifs is 1. The monoisotopic (exact) mass is 416 g/mol. The van der Waals surface area contributed by atoms with Crippen molar-refractivity contribution in [2.75, 3.05) is 16.8 Å². The Hall–Kier alpha value is -3.48. The van der Waals surface area contributed by atoms with E-state index in [4.69, 9.17) is 0 Å². The number of nitrogens with zero attached hydrogens (tertiary/aromatic N) is 1. The summed E-state index contributed by atoms with van der Waals surface area (Å²) in [6.07, 6.45) is -1.70. The highest BCUT2D eigenvalue weighted by atomic mass is 16.3. The Bertz CT molecular complexity index is 1110. The van der Waals surface area contributed by atoms with E-state index in [0.717, 1.165) is 5.56 Å². The van der Waals surface area contributed by atoms with Gasteiger partial charge >= 0.3 is 0 Å². The van der Waals surface area contributed by atoms with Crippen LogP contribution in [0.15, 0.2) is 72.8 Å². The Labute approximate surface area is 180 Å². The molecule has 158 valence electrons. The zero-order chi connectivity index (χ0) is 22.0. The van der Waals surface area contributed by atoms with Gasteiger partial charge in [0.25, 0.3) is 11.8 Å². The van der Waals surface area contributed by atoms with Crippen LogP contribution in [0.25, 0.3) is 0 Å². The van der Waals surface area contributed by atoms with Crippen LogP contribution in [0.3, 0.4) is 0 Å². The zero-order valence-electron chi connectivity index (χ0n) is 17.2. The van der Waals surface area contributed by atoms with Crippen LogP contribution in [-0.4, -0.2) is 34.7 Å². The molecule has 2 atom stereocenters. The van der Waals surface area contributed by atoms with Crippen molar-refractivity contribution in [1.82, 2.24) is 0 Å². The van der Waals surface area contributed by atoms with Gasteiger partial charge in [0.15, 0.2) is 0 Å². The van der Waals surface area contributed by atoms with E-state index in [9.17, 15) is 19.8 Å². The predicted octanol–water partition coefficient (Wildman–Crippen LogP) is 3.69. The van der Waals surface area contributed by atoms with E-state index in [1.165, 1.54) is 0 Å². The zero-order valence-corrected chi connectivity index (χ0v) is 17.2. The molecular formula is C25H24N2O4. The number of benzene rings is 3. The number of anilines is 2. The number of amides is 2. The molecule has 0 radical (unpaired) electrons. The number of nitrogens with one attached hydrogen (secondary N) is 1. The smallest absolute Gasteiger partial charge is 0.258 e. The van der Waals surface area contributed by atoms with E-state index < -0.39 is 12.2 Å². The van der Waals surface area contributed by atoms with Crippen molar-refractivity contribution in [2.24, 2.45) is 0 Å². The molecule has 31 heavy (non-hydrogen) atoms. The summed E-state index contributed by atoms with van der Waals surface area (Å²) in [6.45, 7) is 2.17. The normalized spacial score (nSPS) is 18.1. The lowest BCUT2D eigenvalue weighted by Gasteiger charge is -2.23. The van der Waals surface area contributed by atoms with Gasteiger partial charge in [0.1, 0.15) is 6.10 Å². The van der Waals surface area contributed by atoms with Crippen molar-refractivity contribution in [2.45, 2.75) is 25.6 Å². The Kier molecular flexibility index (Phi) is 5.84. The average Bonchev–Trinajstić information content (AvgIpc) is 2.91. The number of hydrogen-bond donors (Lipinski definition) is 3. The van der Waals surface area contributed by atoms with Gasteiger partial charge < -0.3 is 20.4 Å². The Morgan fingerprint density at radius 3 is 2.35 bits per heavy atom. The van der Waals surface area contributed by atoms with Crippen LogP contribution >= 0.6 is 0 Å². The molecule has 0 fully saturated rings. The largest absolute Gasteiger partial charge is 0.390 e. The highest BCUT2D eigenvalue weighted by Crippen LogP contribution is 2.33. The van der Waals surface area contributed by atoms with E-state index in [0.29, 0.717) is 34.6 Å². The first-order chi connectivity index (χ1) is 15.0. The highest BCUT2D eigenvalue weighted by Gasteiger charge is 2.30. The van der Waals surface area contributed by atoms with Crippen molar-refractivity contribution in [3.8, 4) is 0 Å². The third-order valence-corrected chi connectivity index (χ3v) is 5.58. The summed E-state index contributed by atoms with van der Waals surface area (Å²) >= 11 is 0. The van der Waals surface area contributed by atoms with Crippen molar-refractivity contribution in [3.05, 3.63) is 95.1 Å². The second-order valence-electron chi connectivity index (χ2n) is 7.66. The van der Waals surface area contributed by atoms with Crippen LogP contribution in [0, 0.1) is 6.92 Å². The maximum absolute atomic E-state index is 13.2. The Morgan fingerprint density at radius 2 is 1.61 bits per heavy atom. The van der Waals surface area contributed by atoms with Crippen molar-refractivity contribution in [1.29, 1.82) is 0 Å². The number of para-hydroxylation sites is 1. The number of carbonyl (C=O) groups excluding carboxylic acids is 2. The first-order valence-electron chi connectivity index (χ1n) is 10.2. The summed E-state index contributed by atoms with van der Waals surface area (Å²) in [4.78, 5) is 27.3. The molecule has 0 spiro atoms. The second-order valence-corrected chi connectivity index (χ2v) is 7.66. The van der Waals surface area contributed by atoms with Gasteiger partial charge in [0.05, 0.1) is 6.10 Å². The number of rotatable bonds is 3. The van der Waals surface area contributed by atoms with Crippen molar-refractivity contribution >= 4 is 23.2 Å².